The van der Waals surface area contributed by atoms with Crippen LogP contribution in [-0.2, 0) is 11.2 Å². The van der Waals surface area contributed by atoms with E-state index in [4.69, 9.17) is 5.11 Å². The maximum Gasteiger partial charge on any atom is 0.317 e. The molecule has 0 saturated heterocycles. The van der Waals surface area contributed by atoms with Gasteiger partial charge in [-0.1, -0.05) is 30.3 Å². The number of amides is 2. The van der Waals surface area contributed by atoms with Crippen molar-refractivity contribution >= 4 is 23.3 Å². The molecule has 0 bridgehead atoms. The van der Waals surface area contributed by atoms with Crippen molar-refractivity contribution in [3.8, 4) is 0 Å². The second-order valence-electron chi connectivity index (χ2n) is 5.72. The van der Waals surface area contributed by atoms with E-state index in [1.54, 1.807) is 18.4 Å². The Kier molecular flexibility index (Phi) is 6.37. The molecule has 0 aliphatic carbocycles. The van der Waals surface area contributed by atoms with E-state index in [0.29, 0.717) is 6.42 Å². The summed E-state index contributed by atoms with van der Waals surface area (Å²) in [4.78, 5) is 25.6. The van der Waals surface area contributed by atoms with Gasteiger partial charge in [0.1, 0.15) is 0 Å². The van der Waals surface area contributed by atoms with Gasteiger partial charge >= 0.3 is 12.0 Å². The average molecular weight is 346 g/mol. The number of aryl methyl sites for hydroxylation is 1. The molecule has 2 aromatic rings. The standard InChI is InChI=1S/C18H22N2O3S/c1-13-9-11-24-17(13)15(12-14-6-4-3-5-7-14)19-18(23)20(2)10-8-16(21)22/h3-7,9,11,15H,8,10,12H2,1-2H3,(H,19,23)(H,21,22). The molecule has 0 radical (unpaired) electrons. The zero-order valence-corrected chi connectivity index (χ0v) is 14.7. The molecule has 0 spiro atoms. The first-order valence-corrected chi connectivity index (χ1v) is 8.66. The lowest BCUT2D eigenvalue weighted by Gasteiger charge is -2.23. The minimum Gasteiger partial charge on any atom is -0.481 e. The predicted molar refractivity (Wildman–Crippen MR) is 95.4 cm³/mol. The van der Waals surface area contributed by atoms with Gasteiger partial charge in [0.05, 0.1) is 12.5 Å². The second-order valence-corrected chi connectivity index (χ2v) is 6.67. The van der Waals surface area contributed by atoms with Gasteiger partial charge in [-0.3, -0.25) is 4.79 Å². The molecule has 0 aliphatic rings. The van der Waals surface area contributed by atoms with E-state index in [2.05, 4.69) is 5.32 Å². The molecule has 128 valence electrons. The molecule has 1 aromatic carbocycles. The summed E-state index contributed by atoms with van der Waals surface area (Å²) >= 11 is 1.62. The van der Waals surface area contributed by atoms with Crippen LogP contribution in [0.3, 0.4) is 0 Å². The van der Waals surface area contributed by atoms with Gasteiger partial charge in [0.2, 0.25) is 0 Å². The second kappa shape index (κ2) is 8.49. The van der Waals surface area contributed by atoms with E-state index in [1.807, 2.05) is 48.7 Å². The van der Waals surface area contributed by atoms with Crippen LogP contribution in [0.15, 0.2) is 41.8 Å². The molecule has 0 saturated carbocycles. The van der Waals surface area contributed by atoms with E-state index in [9.17, 15) is 9.59 Å². The van der Waals surface area contributed by atoms with Crippen LogP contribution in [0.5, 0.6) is 0 Å². The van der Waals surface area contributed by atoms with Crippen LogP contribution in [0.1, 0.15) is 28.5 Å². The lowest BCUT2D eigenvalue weighted by molar-refractivity contribution is -0.137. The minimum absolute atomic E-state index is 0.0642. The highest BCUT2D eigenvalue weighted by atomic mass is 32.1. The molecule has 1 unspecified atom stereocenters. The number of carbonyl (C=O) groups is 2. The van der Waals surface area contributed by atoms with Crippen LogP contribution < -0.4 is 5.32 Å². The van der Waals surface area contributed by atoms with Crippen molar-refractivity contribution in [1.29, 1.82) is 0 Å². The zero-order valence-electron chi connectivity index (χ0n) is 13.9. The van der Waals surface area contributed by atoms with E-state index in [0.717, 1.165) is 16.0 Å². The lowest BCUT2D eigenvalue weighted by atomic mass is 10.0. The van der Waals surface area contributed by atoms with Gasteiger partial charge in [-0.15, -0.1) is 11.3 Å². The van der Waals surface area contributed by atoms with Gasteiger partial charge in [-0.2, -0.15) is 0 Å². The van der Waals surface area contributed by atoms with Gasteiger partial charge in [0, 0.05) is 18.5 Å². The maximum absolute atomic E-state index is 12.4. The van der Waals surface area contributed by atoms with Crippen LogP contribution in [0.2, 0.25) is 0 Å². The van der Waals surface area contributed by atoms with Crippen LogP contribution in [0.4, 0.5) is 4.79 Å². The third-order valence-corrected chi connectivity index (χ3v) is 4.94. The largest absolute Gasteiger partial charge is 0.481 e. The Morgan fingerprint density at radius 1 is 1.25 bits per heavy atom. The number of aliphatic carboxylic acids is 1. The van der Waals surface area contributed by atoms with Crippen molar-refractivity contribution in [3.63, 3.8) is 0 Å². The molecule has 24 heavy (non-hydrogen) atoms. The highest BCUT2D eigenvalue weighted by Gasteiger charge is 2.20. The molecule has 1 heterocycles. The molecule has 1 aromatic heterocycles. The number of hydrogen-bond acceptors (Lipinski definition) is 3. The first-order chi connectivity index (χ1) is 11.5. The molecule has 0 aliphatic heterocycles. The number of urea groups is 1. The summed E-state index contributed by atoms with van der Waals surface area (Å²) in [6, 6.07) is 11.7. The fourth-order valence-corrected chi connectivity index (χ4v) is 3.40. The summed E-state index contributed by atoms with van der Waals surface area (Å²) < 4.78 is 0. The summed E-state index contributed by atoms with van der Waals surface area (Å²) in [5.41, 5.74) is 2.29. The molecule has 2 amide bonds. The topological polar surface area (TPSA) is 69.6 Å². The quantitative estimate of drug-likeness (QED) is 0.807. The highest BCUT2D eigenvalue weighted by Crippen LogP contribution is 2.27. The zero-order chi connectivity index (χ0) is 17.5. The van der Waals surface area contributed by atoms with Crippen LogP contribution in [0.25, 0.3) is 0 Å². The molecule has 6 heteroatoms. The molecule has 2 rings (SSSR count). The molecule has 0 fully saturated rings. The maximum atomic E-state index is 12.4. The summed E-state index contributed by atoms with van der Waals surface area (Å²) in [5.74, 6) is -0.912. The fourth-order valence-electron chi connectivity index (χ4n) is 2.42. The van der Waals surface area contributed by atoms with Gasteiger partial charge in [0.15, 0.2) is 0 Å². The monoisotopic (exact) mass is 346 g/mol. The summed E-state index contributed by atoms with van der Waals surface area (Å²) in [7, 11) is 1.61. The summed E-state index contributed by atoms with van der Waals surface area (Å²) in [6.07, 6.45) is 0.631. The van der Waals surface area contributed by atoms with Gasteiger partial charge in [-0.25, -0.2) is 4.79 Å². The van der Waals surface area contributed by atoms with E-state index in [-0.39, 0.29) is 25.0 Å². The Hall–Kier alpha value is -2.34. The van der Waals surface area contributed by atoms with Gasteiger partial charge in [-0.05, 0) is 35.9 Å². The Labute approximate surface area is 145 Å². The highest BCUT2D eigenvalue weighted by molar-refractivity contribution is 7.10. The third-order valence-electron chi connectivity index (χ3n) is 3.81. The Bertz CT molecular complexity index is 685. The molecular formula is C18H22N2O3S. The van der Waals surface area contributed by atoms with Crippen molar-refractivity contribution in [3.05, 3.63) is 57.8 Å². The summed E-state index contributed by atoms with van der Waals surface area (Å²) in [6.45, 7) is 2.22. The number of thiophene rings is 1. The van der Waals surface area contributed by atoms with E-state index >= 15 is 0 Å². The normalized spacial score (nSPS) is 11.8. The van der Waals surface area contributed by atoms with E-state index in [1.165, 1.54) is 4.90 Å². The summed E-state index contributed by atoms with van der Waals surface area (Å²) in [5, 5.41) is 13.8. The third kappa shape index (κ3) is 5.09. The smallest absolute Gasteiger partial charge is 0.317 e. The Balaban J connectivity index is 2.10. The Morgan fingerprint density at radius 2 is 1.96 bits per heavy atom. The van der Waals surface area contributed by atoms with Crippen LogP contribution in [0, 0.1) is 6.92 Å². The first-order valence-electron chi connectivity index (χ1n) is 7.78. The van der Waals surface area contributed by atoms with E-state index < -0.39 is 5.97 Å². The first kappa shape index (κ1) is 18.0. The van der Waals surface area contributed by atoms with Crippen LogP contribution in [-0.4, -0.2) is 35.6 Å². The minimum atomic E-state index is -0.912. The SMILES string of the molecule is Cc1ccsc1C(Cc1ccccc1)NC(=O)N(C)CCC(=O)O. The Morgan fingerprint density at radius 3 is 2.54 bits per heavy atom. The number of nitrogens with one attached hydrogen (secondary N) is 1. The van der Waals surface area contributed by atoms with Crippen molar-refractivity contribution in [1.82, 2.24) is 10.2 Å². The number of carbonyl (C=O) groups excluding carboxylic acids is 1. The predicted octanol–water partition coefficient (Wildman–Crippen LogP) is 3.46. The number of nitrogens with zero attached hydrogens (tertiary/aromatic N) is 1. The number of carboxylic acid groups (broad SMARTS) is 1. The van der Waals surface area contributed by atoms with Gasteiger partial charge < -0.3 is 15.3 Å². The average Bonchev–Trinajstić information content (AvgIpc) is 2.98. The molecule has 5 nitrogen and oxygen atoms in total. The van der Waals surface area contributed by atoms with Gasteiger partial charge in [0.25, 0.3) is 0 Å². The van der Waals surface area contributed by atoms with Crippen LogP contribution >= 0.6 is 11.3 Å². The van der Waals surface area contributed by atoms with Crippen molar-refractivity contribution < 1.29 is 14.7 Å². The molecule has 2 N–H and O–H groups in total. The number of carboxylic acids is 1. The number of hydrogen-bond donors (Lipinski definition) is 2. The number of rotatable bonds is 7. The molecular weight excluding hydrogens is 324 g/mol. The molecule has 1 atom stereocenters. The van der Waals surface area contributed by atoms with Crippen molar-refractivity contribution in [2.75, 3.05) is 13.6 Å². The lowest BCUT2D eigenvalue weighted by Crippen LogP contribution is -2.40. The fraction of sp³-hybridized carbons (Fsp3) is 0.333. The van der Waals surface area contributed by atoms with Crippen molar-refractivity contribution in [2.45, 2.75) is 25.8 Å². The number of benzene rings is 1. The van der Waals surface area contributed by atoms with Crippen molar-refractivity contribution in [2.24, 2.45) is 0 Å².